The van der Waals surface area contributed by atoms with E-state index in [1.165, 1.54) is 24.4 Å². The van der Waals surface area contributed by atoms with Gasteiger partial charge in [-0.25, -0.2) is 13.4 Å². The molecule has 2 atom stereocenters. The first-order chi connectivity index (χ1) is 15.5. The van der Waals surface area contributed by atoms with Crippen molar-refractivity contribution < 1.29 is 35.9 Å². The van der Waals surface area contributed by atoms with Gasteiger partial charge in [0.25, 0.3) is 0 Å². The van der Waals surface area contributed by atoms with Crippen molar-refractivity contribution in [2.45, 2.75) is 48.8 Å². The van der Waals surface area contributed by atoms with Crippen molar-refractivity contribution >= 4 is 27.8 Å². The molecule has 2 heterocycles. The van der Waals surface area contributed by atoms with Crippen LogP contribution in [0.3, 0.4) is 0 Å². The minimum atomic E-state index is -4.93. The summed E-state index contributed by atoms with van der Waals surface area (Å²) >= 11 is 0. The summed E-state index contributed by atoms with van der Waals surface area (Å²) in [5.74, 6) is -1.53. The van der Waals surface area contributed by atoms with E-state index < -0.39 is 38.3 Å². The van der Waals surface area contributed by atoms with Crippen molar-refractivity contribution in [1.29, 1.82) is 0 Å². The van der Waals surface area contributed by atoms with Crippen molar-refractivity contribution in [3.63, 3.8) is 0 Å². The molecule has 1 aromatic carbocycles. The molecule has 2 aromatic rings. The molecular formula is C22H23F3N2O5S. The molecule has 11 heteroatoms. The number of pyridine rings is 1. The highest BCUT2D eigenvalue weighted by atomic mass is 32.2. The highest BCUT2D eigenvalue weighted by molar-refractivity contribution is 7.90. The summed E-state index contributed by atoms with van der Waals surface area (Å²) in [5, 5.41) is 2.56. The second kappa shape index (κ2) is 10.0. The van der Waals surface area contributed by atoms with Gasteiger partial charge < -0.3 is 10.1 Å². The lowest BCUT2D eigenvalue weighted by atomic mass is 9.89. The van der Waals surface area contributed by atoms with Crippen molar-refractivity contribution in [1.82, 2.24) is 4.98 Å². The van der Waals surface area contributed by atoms with E-state index in [9.17, 15) is 31.2 Å². The first-order valence-electron chi connectivity index (χ1n) is 10.2. The highest BCUT2D eigenvalue weighted by Gasteiger charge is 2.38. The van der Waals surface area contributed by atoms with E-state index >= 15 is 0 Å². The molecular weight excluding hydrogens is 461 g/mol. The monoisotopic (exact) mass is 484 g/mol. The third-order valence-corrected chi connectivity index (χ3v) is 6.53. The summed E-state index contributed by atoms with van der Waals surface area (Å²) in [6.45, 7) is 0.495. The molecule has 3 rings (SSSR count). The quantitative estimate of drug-likeness (QED) is 0.596. The molecule has 1 aromatic heterocycles. The number of nitrogens with one attached hydrogen (secondary N) is 1. The summed E-state index contributed by atoms with van der Waals surface area (Å²) < 4.78 is 70.5. The van der Waals surface area contributed by atoms with Crippen LogP contribution in [0.5, 0.6) is 0 Å². The molecule has 0 saturated carbocycles. The van der Waals surface area contributed by atoms with E-state index in [4.69, 9.17) is 4.74 Å². The highest BCUT2D eigenvalue weighted by Crippen LogP contribution is 2.37. The predicted molar refractivity (Wildman–Crippen MR) is 114 cm³/mol. The van der Waals surface area contributed by atoms with E-state index in [0.717, 1.165) is 18.9 Å². The Morgan fingerprint density at radius 1 is 1.27 bits per heavy atom. The zero-order valence-electron chi connectivity index (χ0n) is 17.8. The number of hydrogen-bond donors (Lipinski definition) is 1. The Bertz CT molecular complexity index is 1110. The van der Waals surface area contributed by atoms with E-state index in [0.29, 0.717) is 37.2 Å². The molecule has 1 amide bonds. The Labute approximate surface area is 189 Å². The third kappa shape index (κ3) is 6.38. The number of aldehydes is 1. The number of ether oxygens (including phenoxy) is 1. The Hall–Kier alpha value is -2.79. The van der Waals surface area contributed by atoms with Gasteiger partial charge in [0.1, 0.15) is 5.82 Å². The van der Waals surface area contributed by atoms with Crippen LogP contribution in [-0.2, 0) is 25.5 Å². The molecule has 1 aliphatic rings. The number of amides is 1. The molecule has 33 heavy (non-hydrogen) atoms. The van der Waals surface area contributed by atoms with Gasteiger partial charge in [-0.05, 0) is 55.5 Å². The Kier molecular flexibility index (Phi) is 7.53. The largest absolute Gasteiger partial charge is 0.417 e. The SMILES string of the molecule is CS(=O)(=O)c1ccc(C(CC2CCCCO2)C(=O)Nc2ccc(C=O)cn2)cc1C(F)(F)F. The average molecular weight is 484 g/mol. The van der Waals surface area contributed by atoms with E-state index in [2.05, 4.69) is 10.3 Å². The number of aromatic nitrogens is 1. The van der Waals surface area contributed by atoms with Crippen LogP contribution in [0.1, 0.15) is 53.1 Å². The molecule has 0 aliphatic carbocycles. The first kappa shape index (κ1) is 24.8. The maximum absolute atomic E-state index is 13.7. The summed E-state index contributed by atoms with van der Waals surface area (Å²) in [6, 6.07) is 5.67. The van der Waals surface area contributed by atoms with Crippen LogP contribution in [0.15, 0.2) is 41.4 Å². The fraction of sp³-hybridized carbons (Fsp3) is 0.409. The number of benzene rings is 1. The van der Waals surface area contributed by atoms with Gasteiger partial charge in [-0.15, -0.1) is 0 Å². The summed E-state index contributed by atoms with van der Waals surface area (Å²) in [6.07, 6.45) is -0.208. The molecule has 0 bridgehead atoms. The number of nitrogens with zero attached hydrogens (tertiary/aromatic N) is 1. The number of alkyl halides is 3. The molecule has 1 aliphatic heterocycles. The van der Waals surface area contributed by atoms with Crippen LogP contribution in [0, 0.1) is 0 Å². The zero-order chi connectivity index (χ0) is 24.2. The van der Waals surface area contributed by atoms with Crippen molar-refractivity contribution in [2.75, 3.05) is 18.2 Å². The van der Waals surface area contributed by atoms with Gasteiger partial charge >= 0.3 is 6.18 Å². The van der Waals surface area contributed by atoms with Gasteiger partial charge in [-0.1, -0.05) is 6.07 Å². The fourth-order valence-corrected chi connectivity index (χ4v) is 4.61. The van der Waals surface area contributed by atoms with E-state index in [-0.39, 0.29) is 23.9 Å². The molecule has 0 spiro atoms. The number of carbonyl (C=O) groups is 2. The van der Waals surface area contributed by atoms with E-state index in [1.54, 1.807) is 0 Å². The minimum absolute atomic E-state index is 0.0194. The molecule has 0 radical (unpaired) electrons. The fourth-order valence-electron chi connectivity index (χ4n) is 3.72. The molecule has 178 valence electrons. The van der Waals surface area contributed by atoms with Crippen molar-refractivity contribution in [2.24, 2.45) is 0 Å². The van der Waals surface area contributed by atoms with Crippen LogP contribution in [0.4, 0.5) is 19.0 Å². The van der Waals surface area contributed by atoms with Crippen molar-refractivity contribution in [3.8, 4) is 0 Å². The Balaban J connectivity index is 1.99. The zero-order valence-corrected chi connectivity index (χ0v) is 18.6. The second-order valence-corrected chi connectivity index (χ2v) is 9.87. The molecule has 1 N–H and O–H groups in total. The molecule has 7 nitrogen and oxygen atoms in total. The van der Waals surface area contributed by atoms with Gasteiger partial charge in [0.05, 0.1) is 22.5 Å². The standard InChI is InChI=1S/C22H23F3N2O5S/c1-33(30,31)19-7-6-15(10-18(19)22(23,24)25)17(11-16-4-2-3-9-32-16)21(29)27-20-8-5-14(13-28)12-26-20/h5-8,10,12-13,16-17H,2-4,9,11H2,1H3,(H,26,27,29). The number of halogens is 3. The minimum Gasteiger partial charge on any atom is -0.378 e. The van der Waals surface area contributed by atoms with Gasteiger partial charge in [0.2, 0.25) is 5.91 Å². The predicted octanol–water partition coefficient (Wildman–Crippen LogP) is 4.00. The van der Waals surface area contributed by atoms with Gasteiger partial charge in [-0.3, -0.25) is 9.59 Å². The average Bonchev–Trinajstić information content (AvgIpc) is 2.77. The van der Waals surface area contributed by atoms with Gasteiger partial charge in [0, 0.05) is 24.6 Å². The third-order valence-electron chi connectivity index (χ3n) is 5.37. The topological polar surface area (TPSA) is 102 Å². The van der Waals surface area contributed by atoms with Crippen LogP contribution in [-0.4, -0.2) is 44.6 Å². The van der Waals surface area contributed by atoms with Crippen LogP contribution < -0.4 is 5.32 Å². The van der Waals surface area contributed by atoms with Crippen molar-refractivity contribution in [3.05, 3.63) is 53.2 Å². The summed E-state index contributed by atoms with van der Waals surface area (Å²) in [5.41, 5.74) is -1.00. The lowest BCUT2D eigenvalue weighted by molar-refractivity contribution is -0.140. The van der Waals surface area contributed by atoms with Crippen LogP contribution in [0.25, 0.3) is 0 Å². The molecule has 1 saturated heterocycles. The Morgan fingerprint density at radius 3 is 2.58 bits per heavy atom. The van der Waals surface area contributed by atoms with Gasteiger partial charge in [-0.2, -0.15) is 13.2 Å². The summed E-state index contributed by atoms with van der Waals surface area (Å²) in [7, 11) is -4.15. The number of sulfone groups is 1. The lowest BCUT2D eigenvalue weighted by Gasteiger charge is -2.27. The second-order valence-electron chi connectivity index (χ2n) is 7.89. The maximum atomic E-state index is 13.7. The number of hydrogen-bond acceptors (Lipinski definition) is 6. The molecule has 2 unspecified atom stereocenters. The smallest absolute Gasteiger partial charge is 0.378 e. The van der Waals surface area contributed by atoms with E-state index in [1.807, 2.05) is 0 Å². The maximum Gasteiger partial charge on any atom is 0.417 e. The lowest BCUT2D eigenvalue weighted by Crippen LogP contribution is -2.29. The van der Waals surface area contributed by atoms with Crippen LogP contribution >= 0.6 is 0 Å². The normalized spacial score (nSPS) is 17.9. The summed E-state index contributed by atoms with van der Waals surface area (Å²) in [4.78, 5) is 27.0. The number of carbonyl (C=O) groups excluding carboxylic acids is 2. The Morgan fingerprint density at radius 2 is 2.03 bits per heavy atom. The first-order valence-corrected chi connectivity index (χ1v) is 12.1. The number of anilines is 1. The molecule has 1 fully saturated rings. The van der Waals surface area contributed by atoms with Crippen LogP contribution in [0.2, 0.25) is 0 Å². The number of rotatable bonds is 7. The van der Waals surface area contributed by atoms with Gasteiger partial charge in [0.15, 0.2) is 16.1 Å².